The van der Waals surface area contributed by atoms with Crippen LogP contribution in [0.1, 0.15) is 19.8 Å². The summed E-state index contributed by atoms with van der Waals surface area (Å²) in [7, 11) is 0. The van der Waals surface area contributed by atoms with Crippen molar-refractivity contribution in [2.75, 3.05) is 11.1 Å². The van der Waals surface area contributed by atoms with Gasteiger partial charge in [-0.05, 0) is 31.9 Å². The van der Waals surface area contributed by atoms with Crippen molar-refractivity contribution in [3.05, 3.63) is 24.4 Å². The highest BCUT2D eigenvalue weighted by Gasteiger charge is 2.38. The highest BCUT2D eigenvalue weighted by molar-refractivity contribution is 7.22. The number of thiophene rings is 1. The van der Waals surface area contributed by atoms with Gasteiger partial charge in [0.25, 0.3) is 0 Å². The predicted octanol–water partition coefficient (Wildman–Crippen LogP) is 2.59. The zero-order valence-electron chi connectivity index (χ0n) is 12.1. The number of aliphatic hydroxyl groups is 1. The Morgan fingerprint density at radius 2 is 2.27 bits per heavy atom. The highest BCUT2D eigenvalue weighted by Crippen LogP contribution is 2.40. The minimum atomic E-state index is -0.550. The largest absolute Gasteiger partial charge is 0.390 e. The molecule has 0 amide bonds. The molecule has 7 heteroatoms. The molecule has 6 nitrogen and oxygen atoms in total. The lowest BCUT2D eigenvalue weighted by molar-refractivity contribution is -0.0234. The molecule has 3 aromatic rings. The summed E-state index contributed by atoms with van der Waals surface area (Å²) in [5.74, 6) is 0.495. The lowest BCUT2D eigenvalue weighted by atomic mass is 9.77. The number of hydrogen-bond donors (Lipinski definition) is 4. The van der Waals surface area contributed by atoms with E-state index in [4.69, 9.17) is 5.73 Å². The number of rotatable bonds is 3. The van der Waals surface area contributed by atoms with E-state index in [1.165, 1.54) is 0 Å². The number of nitrogens with zero attached hydrogens (tertiary/aromatic N) is 2. The molecule has 1 aliphatic rings. The van der Waals surface area contributed by atoms with Gasteiger partial charge in [0.15, 0.2) is 0 Å². The summed E-state index contributed by atoms with van der Waals surface area (Å²) >= 11 is 1.65. The van der Waals surface area contributed by atoms with Crippen molar-refractivity contribution in [1.82, 2.24) is 15.2 Å². The molecule has 3 heterocycles. The van der Waals surface area contributed by atoms with Crippen LogP contribution in [-0.2, 0) is 0 Å². The van der Waals surface area contributed by atoms with Gasteiger partial charge in [-0.25, -0.2) is 4.98 Å². The molecular weight excluding hydrogens is 298 g/mol. The van der Waals surface area contributed by atoms with Gasteiger partial charge in [0, 0.05) is 18.3 Å². The molecule has 0 aromatic carbocycles. The van der Waals surface area contributed by atoms with Crippen molar-refractivity contribution in [2.45, 2.75) is 31.4 Å². The van der Waals surface area contributed by atoms with Crippen LogP contribution in [0.3, 0.4) is 0 Å². The molecule has 1 aliphatic carbocycles. The van der Waals surface area contributed by atoms with E-state index in [0.717, 1.165) is 39.3 Å². The summed E-state index contributed by atoms with van der Waals surface area (Å²) in [5.41, 5.74) is 8.21. The third-order valence-electron chi connectivity index (χ3n) is 4.00. The van der Waals surface area contributed by atoms with Crippen molar-refractivity contribution < 1.29 is 5.11 Å². The molecule has 22 heavy (non-hydrogen) atoms. The van der Waals surface area contributed by atoms with Crippen molar-refractivity contribution in [1.29, 1.82) is 0 Å². The highest BCUT2D eigenvalue weighted by atomic mass is 32.1. The van der Waals surface area contributed by atoms with Crippen molar-refractivity contribution in [3.63, 3.8) is 0 Å². The zero-order valence-corrected chi connectivity index (χ0v) is 12.9. The molecular formula is C15H17N5OS. The molecule has 1 fully saturated rings. The molecule has 0 radical (unpaired) electrons. The van der Waals surface area contributed by atoms with E-state index in [2.05, 4.69) is 20.5 Å². The third-order valence-corrected chi connectivity index (χ3v) is 5.19. The molecule has 1 saturated carbocycles. The quantitative estimate of drug-likeness (QED) is 0.595. The fourth-order valence-electron chi connectivity index (χ4n) is 3.00. The molecule has 3 aromatic heterocycles. The average Bonchev–Trinajstić information content (AvgIpc) is 3.04. The normalized spacial score (nSPS) is 24.4. The minimum absolute atomic E-state index is 0.276. The van der Waals surface area contributed by atoms with E-state index >= 15 is 0 Å². The number of hydrogen-bond acceptors (Lipinski definition) is 6. The van der Waals surface area contributed by atoms with Crippen molar-refractivity contribution in [3.8, 4) is 10.6 Å². The number of aromatic amines is 1. The van der Waals surface area contributed by atoms with Crippen LogP contribution in [0.5, 0.6) is 0 Å². The molecule has 4 rings (SSSR count). The fraction of sp³-hybridized carbons (Fsp3) is 0.333. The summed E-state index contributed by atoms with van der Waals surface area (Å²) in [6, 6.07) is 6.09. The molecule has 0 saturated heterocycles. The van der Waals surface area contributed by atoms with Crippen LogP contribution in [0.4, 0.5) is 11.5 Å². The SMILES string of the molecule is CC1(O)CC(Nc2cc(N)nc3cc(-c4ccn[nH]4)sc23)C1. The third kappa shape index (κ3) is 2.32. The smallest absolute Gasteiger partial charge is 0.126 e. The maximum absolute atomic E-state index is 9.87. The second-order valence-electron chi connectivity index (χ2n) is 6.14. The van der Waals surface area contributed by atoms with E-state index in [1.807, 2.05) is 25.1 Å². The molecule has 114 valence electrons. The van der Waals surface area contributed by atoms with Gasteiger partial charge >= 0.3 is 0 Å². The predicted molar refractivity (Wildman–Crippen MR) is 88.9 cm³/mol. The summed E-state index contributed by atoms with van der Waals surface area (Å²) < 4.78 is 1.07. The molecule has 0 bridgehead atoms. The van der Waals surface area contributed by atoms with Gasteiger partial charge in [-0.15, -0.1) is 11.3 Å². The molecule has 0 aliphatic heterocycles. The van der Waals surface area contributed by atoms with E-state index in [0.29, 0.717) is 5.82 Å². The summed E-state index contributed by atoms with van der Waals surface area (Å²) in [6.07, 6.45) is 3.22. The summed E-state index contributed by atoms with van der Waals surface area (Å²) in [4.78, 5) is 5.49. The molecule has 0 atom stereocenters. The number of H-pyrrole nitrogens is 1. The first-order valence-corrected chi connectivity index (χ1v) is 8.01. The van der Waals surface area contributed by atoms with Gasteiger partial charge < -0.3 is 16.2 Å². The second-order valence-corrected chi connectivity index (χ2v) is 7.19. The number of fused-ring (bicyclic) bond motifs is 1. The number of nitrogen functional groups attached to an aromatic ring is 1. The maximum atomic E-state index is 9.87. The van der Waals surface area contributed by atoms with Crippen molar-refractivity contribution in [2.24, 2.45) is 0 Å². The maximum Gasteiger partial charge on any atom is 0.126 e. The van der Waals surface area contributed by atoms with E-state index in [-0.39, 0.29) is 6.04 Å². The number of pyridine rings is 1. The first kappa shape index (κ1) is 13.5. The van der Waals surface area contributed by atoms with Crippen LogP contribution >= 0.6 is 11.3 Å². The Kier molecular flexibility index (Phi) is 2.88. The number of aromatic nitrogens is 3. The van der Waals surface area contributed by atoms with Gasteiger partial charge in [-0.3, -0.25) is 5.10 Å². The lowest BCUT2D eigenvalue weighted by Gasteiger charge is -2.41. The topological polar surface area (TPSA) is 99.8 Å². The Morgan fingerprint density at radius 1 is 1.45 bits per heavy atom. The standard InChI is InChI=1S/C15H17N5OS/c1-15(21)6-8(7-15)18-11-5-13(16)19-10-4-12(22-14(10)11)9-2-3-17-20-9/h2-5,8,21H,6-7H2,1H3,(H,17,20)(H3,16,18,19). The van der Waals surface area contributed by atoms with Gasteiger partial charge in [0.2, 0.25) is 0 Å². The van der Waals surface area contributed by atoms with E-state index in [1.54, 1.807) is 17.5 Å². The van der Waals surface area contributed by atoms with Crippen LogP contribution in [0.2, 0.25) is 0 Å². The van der Waals surface area contributed by atoms with Crippen LogP contribution in [0, 0.1) is 0 Å². The first-order chi connectivity index (χ1) is 10.5. The van der Waals surface area contributed by atoms with Gasteiger partial charge in [-0.2, -0.15) is 5.10 Å². The van der Waals surface area contributed by atoms with E-state index in [9.17, 15) is 5.11 Å². The van der Waals surface area contributed by atoms with Crippen LogP contribution < -0.4 is 11.1 Å². The average molecular weight is 315 g/mol. The first-order valence-electron chi connectivity index (χ1n) is 7.19. The van der Waals surface area contributed by atoms with Crippen LogP contribution in [-0.4, -0.2) is 31.9 Å². The summed E-state index contributed by atoms with van der Waals surface area (Å²) in [6.45, 7) is 1.86. The van der Waals surface area contributed by atoms with Gasteiger partial charge in [-0.1, -0.05) is 0 Å². The Bertz CT molecular complexity index is 816. The number of nitrogens with one attached hydrogen (secondary N) is 2. The Balaban J connectivity index is 1.71. The second kappa shape index (κ2) is 4.69. The van der Waals surface area contributed by atoms with Crippen LogP contribution in [0.15, 0.2) is 24.4 Å². The summed E-state index contributed by atoms with van der Waals surface area (Å²) in [5, 5.41) is 20.3. The Hall–Kier alpha value is -2.12. The lowest BCUT2D eigenvalue weighted by Crippen LogP contribution is -2.48. The zero-order chi connectivity index (χ0) is 15.3. The van der Waals surface area contributed by atoms with Crippen molar-refractivity contribution >= 4 is 33.1 Å². The Morgan fingerprint density at radius 3 is 2.95 bits per heavy atom. The number of anilines is 2. The Labute approximate surface area is 131 Å². The minimum Gasteiger partial charge on any atom is -0.390 e. The van der Waals surface area contributed by atoms with Gasteiger partial charge in [0.05, 0.1) is 32.1 Å². The number of nitrogens with two attached hydrogens (primary N) is 1. The fourth-order valence-corrected chi connectivity index (χ4v) is 4.05. The van der Waals surface area contributed by atoms with Crippen LogP contribution in [0.25, 0.3) is 20.8 Å². The van der Waals surface area contributed by atoms with E-state index < -0.39 is 5.60 Å². The molecule has 0 spiro atoms. The molecule has 0 unspecified atom stereocenters. The molecule has 5 N–H and O–H groups in total. The van der Waals surface area contributed by atoms with Gasteiger partial charge in [0.1, 0.15) is 5.82 Å². The monoisotopic (exact) mass is 315 g/mol.